The number of rotatable bonds is 8. The number of anilines is 4. The first-order valence-corrected chi connectivity index (χ1v) is 11.3. The molecule has 1 aliphatic rings. The topological polar surface area (TPSA) is 102 Å². The van der Waals surface area contributed by atoms with Crippen molar-refractivity contribution in [2.24, 2.45) is 0 Å². The van der Waals surface area contributed by atoms with Crippen LogP contribution in [-0.4, -0.2) is 65.9 Å². The van der Waals surface area contributed by atoms with E-state index < -0.39 is 0 Å². The van der Waals surface area contributed by atoms with Crippen LogP contribution in [0.5, 0.6) is 5.75 Å². The maximum atomic E-state index is 12.8. The van der Waals surface area contributed by atoms with Gasteiger partial charge in [0.1, 0.15) is 12.4 Å². The number of carbonyl (C=O) groups excluding carboxylic acids is 1. The molecular formula is C24H31N7O2. The van der Waals surface area contributed by atoms with E-state index in [4.69, 9.17) is 10.5 Å². The molecule has 1 saturated heterocycles. The maximum absolute atomic E-state index is 12.8. The van der Waals surface area contributed by atoms with Crippen molar-refractivity contribution in [1.29, 1.82) is 0 Å². The highest BCUT2D eigenvalue weighted by molar-refractivity contribution is 5.97. The molecule has 1 aliphatic heterocycles. The van der Waals surface area contributed by atoms with E-state index in [0.29, 0.717) is 12.2 Å². The molecule has 174 valence electrons. The van der Waals surface area contributed by atoms with Gasteiger partial charge in [-0.15, -0.1) is 5.10 Å². The molecule has 0 amide bonds. The Morgan fingerprint density at radius 3 is 2.42 bits per heavy atom. The summed E-state index contributed by atoms with van der Waals surface area (Å²) >= 11 is 0. The summed E-state index contributed by atoms with van der Waals surface area (Å²) in [6, 6.07) is 14.8. The van der Waals surface area contributed by atoms with E-state index in [0.717, 1.165) is 28.4 Å². The SMILES string of the molecule is CN(C)c1ccc(C(=O)n2nc(Nc3ccc(OCCN4CCCCC4)cc3)nc2N)cc1. The fourth-order valence-electron chi connectivity index (χ4n) is 3.79. The highest BCUT2D eigenvalue weighted by Gasteiger charge is 2.16. The first-order chi connectivity index (χ1) is 16.0. The zero-order valence-corrected chi connectivity index (χ0v) is 19.2. The number of hydrogen-bond acceptors (Lipinski definition) is 8. The Balaban J connectivity index is 1.33. The molecule has 3 N–H and O–H groups in total. The van der Waals surface area contributed by atoms with Crippen LogP contribution in [0.4, 0.5) is 23.3 Å². The molecular weight excluding hydrogens is 418 g/mol. The van der Waals surface area contributed by atoms with Crippen molar-refractivity contribution in [1.82, 2.24) is 19.7 Å². The molecule has 0 atom stereocenters. The van der Waals surface area contributed by atoms with Crippen LogP contribution in [-0.2, 0) is 0 Å². The van der Waals surface area contributed by atoms with Gasteiger partial charge in [0.2, 0.25) is 11.9 Å². The molecule has 2 aromatic carbocycles. The lowest BCUT2D eigenvalue weighted by Gasteiger charge is -2.26. The van der Waals surface area contributed by atoms with E-state index in [1.165, 1.54) is 32.4 Å². The smallest absolute Gasteiger partial charge is 0.281 e. The van der Waals surface area contributed by atoms with Crippen molar-refractivity contribution in [3.05, 3.63) is 54.1 Å². The van der Waals surface area contributed by atoms with E-state index in [2.05, 4.69) is 20.3 Å². The van der Waals surface area contributed by atoms with Gasteiger partial charge in [-0.1, -0.05) is 6.42 Å². The van der Waals surface area contributed by atoms with E-state index >= 15 is 0 Å². The number of nitrogens with zero attached hydrogens (tertiary/aromatic N) is 5. The monoisotopic (exact) mass is 449 g/mol. The van der Waals surface area contributed by atoms with Crippen LogP contribution in [0.2, 0.25) is 0 Å². The Labute approximate surface area is 194 Å². The number of nitrogens with two attached hydrogens (primary N) is 1. The number of benzene rings is 2. The zero-order valence-electron chi connectivity index (χ0n) is 19.2. The van der Waals surface area contributed by atoms with Gasteiger partial charge in [-0.25, -0.2) is 0 Å². The van der Waals surface area contributed by atoms with Gasteiger partial charge in [0.15, 0.2) is 0 Å². The summed E-state index contributed by atoms with van der Waals surface area (Å²) in [5.41, 5.74) is 8.21. The number of carbonyl (C=O) groups is 1. The van der Waals surface area contributed by atoms with Crippen molar-refractivity contribution >= 4 is 29.2 Å². The average molecular weight is 450 g/mol. The summed E-state index contributed by atoms with van der Waals surface area (Å²) in [5.74, 6) is 0.754. The second-order valence-electron chi connectivity index (χ2n) is 8.35. The number of aromatic nitrogens is 3. The molecule has 0 saturated carbocycles. The lowest BCUT2D eigenvalue weighted by Crippen LogP contribution is -2.33. The van der Waals surface area contributed by atoms with Crippen LogP contribution in [0.1, 0.15) is 29.6 Å². The minimum Gasteiger partial charge on any atom is -0.492 e. The van der Waals surface area contributed by atoms with Gasteiger partial charge in [-0.2, -0.15) is 9.67 Å². The molecule has 0 spiro atoms. The van der Waals surface area contributed by atoms with Crippen LogP contribution < -0.4 is 20.7 Å². The van der Waals surface area contributed by atoms with Gasteiger partial charge in [0, 0.05) is 37.6 Å². The number of ether oxygens (including phenoxy) is 1. The molecule has 33 heavy (non-hydrogen) atoms. The summed E-state index contributed by atoms with van der Waals surface area (Å²) in [5, 5.41) is 7.32. The molecule has 3 aromatic rings. The summed E-state index contributed by atoms with van der Waals surface area (Å²) in [7, 11) is 3.89. The van der Waals surface area contributed by atoms with E-state index in [1.54, 1.807) is 12.1 Å². The molecule has 9 nitrogen and oxygen atoms in total. The van der Waals surface area contributed by atoms with Gasteiger partial charge < -0.3 is 20.7 Å². The Bertz CT molecular complexity index is 1060. The lowest BCUT2D eigenvalue weighted by atomic mass is 10.1. The average Bonchev–Trinajstić information content (AvgIpc) is 3.20. The van der Waals surface area contributed by atoms with Crippen molar-refractivity contribution in [3.8, 4) is 5.75 Å². The first-order valence-electron chi connectivity index (χ1n) is 11.3. The number of nitrogens with one attached hydrogen (secondary N) is 1. The molecule has 0 aliphatic carbocycles. The highest BCUT2D eigenvalue weighted by atomic mass is 16.5. The Morgan fingerprint density at radius 1 is 1.06 bits per heavy atom. The number of hydrogen-bond donors (Lipinski definition) is 2. The van der Waals surface area contributed by atoms with Gasteiger partial charge in [-0.05, 0) is 74.5 Å². The quantitative estimate of drug-likeness (QED) is 0.541. The summed E-state index contributed by atoms with van der Waals surface area (Å²) in [6.45, 7) is 3.96. The predicted octanol–water partition coefficient (Wildman–Crippen LogP) is 3.22. The number of piperidine rings is 1. The van der Waals surface area contributed by atoms with E-state index in [9.17, 15) is 4.79 Å². The molecule has 9 heteroatoms. The Hall–Kier alpha value is -3.59. The van der Waals surface area contributed by atoms with Gasteiger partial charge in [0.05, 0.1) is 0 Å². The third-order valence-corrected chi connectivity index (χ3v) is 5.69. The van der Waals surface area contributed by atoms with Crippen molar-refractivity contribution < 1.29 is 9.53 Å². The Kier molecular flexibility index (Phi) is 7.09. The third-order valence-electron chi connectivity index (χ3n) is 5.69. The molecule has 0 unspecified atom stereocenters. The van der Waals surface area contributed by atoms with Crippen LogP contribution in [0.3, 0.4) is 0 Å². The van der Waals surface area contributed by atoms with Gasteiger partial charge in [0.25, 0.3) is 5.91 Å². The van der Waals surface area contributed by atoms with Gasteiger partial charge >= 0.3 is 0 Å². The first kappa shape index (κ1) is 22.6. The molecule has 1 fully saturated rings. The summed E-state index contributed by atoms with van der Waals surface area (Å²) in [4.78, 5) is 21.4. The Morgan fingerprint density at radius 2 is 1.76 bits per heavy atom. The normalized spacial score (nSPS) is 14.1. The standard InChI is InChI=1S/C24H31N7O2/c1-29(2)20-10-6-18(7-11-20)22(32)31-23(25)27-24(28-31)26-19-8-12-21(13-9-19)33-17-16-30-14-4-3-5-15-30/h6-13H,3-5,14-17H2,1-2H3,(H3,25,26,27,28). The van der Waals surface area contributed by atoms with Crippen LogP contribution in [0.25, 0.3) is 0 Å². The maximum Gasteiger partial charge on any atom is 0.281 e. The number of likely N-dealkylation sites (tertiary alicyclic amines) is 1. The minimum atomic E-state index is -0.337. The molecule has 0 bridgehead atoms. The third kappa shape index (κ3) is 5.81. The molecule has 0 radical (unpaired) electrons. The predicted molar refractivity (Wildman–Crippen MR) is 130 cm³/mol. The largest absolute Gasteiger partial charge is 0.492 e. The number of nitrogen functional groups attached to an aromatic ring is 1. The second-order valence-corrected chi connectivity index (χ2v) is 8.35. The van der Waals surface area contributed by atoms with E-state index in [-0.39, 0.29) is 17.8 Å². The van der Waals surface area contributed by atoms with Crippen molar-refractivity contribution in [3.63, 3.8) is 0 Å². The fraction of sp³-hybridized carbons (Fsp3) is 0.375. The highest BCUT2D eigenvalue weighted by Crippen LogP contribution is 2.20. The fourth-order valence-corrected chi connectivity index (χ4v) is 3.79. The van der Waals surface area contributed by atoms with Crippen LogP contribution in [0.15, 0.2) is 48.5 Å². The second kappa shape index (κ2) is 10.4. The van der Waals surface area contributed by atoms with Crippen molar-refractivity contribution in [2.45, 2.75) is 19.3 Å². The molecule has 2 heterocycles. The molecule has 1 aromatic heterocycles. The zero-order chi connectivity index (χ0) is 23.2. The minimum absolute atomic E-state index is 0.0249. The van der Waals surface area contributed by atoms with Crippen LogP contribution >= 0.6 is 0 Å². The molecule has 4 rings (SSSR count). The lowest BCUT2D eigenvalue weighted by molar-refractivity contribution is 0.0948. The van der Waals surface area contributed by atoms with Crippen LogP contribution in [0, 0.1) is 0 Å². The van der Waals surface area contributed by atoms with Gasteiger partial charge in [-0.3, -0.25) is 9.69 Å². The summed E-state index contributed by atoms with van der Waals surface area (Å²) in [6.07, 6.45) is 3.90. The summed E-state index contributed by atoms with van der Waals surface area (Å²) < 4.78 is 6.97. The van der Waals surface area contributed by atoms with Crippen molar-refractivity contribution in [2.75, 3.05) is 56.3 Å². The van der Waals surface area contributed by atoms with E-state index in [1.807, 2.05) is 55.4 Å².